The molecule has 1 rings (SSSR count). The van der Waals surface area contributed by atoms with Crippen LogP contribution in [0.3, 0.4) is 0 Å². The topological polar surface area (TPSA) is 30.5 Å². The van der Waals surface area contributed by atoms with E-state index < -0.39 is 0 Å². The van der Waals surface area contributed by atoms with Crippen molar-refractivity contribution < 1.29 is 9.47 Å². The van der Waals surface area contributed by atoms with Crippen LogP contribution in [0.5, 0.6) is 0 Å². The van der Waals surface area contributed by atoms with Crippen molar-refractivity contribution in [1.29, 1.82) is 0 Å². The van der Waals surface area contributed by atoms with Crippen LogP contribution in [0.2, 0.25) is 6.32 Å². The summed E-state index contributed by atoms with van der Waals surface area (Å²) in [7, 11) is 8.76. The van der Waals surface area contributed by atoms with E-state index in [1.54, 1.807) is 7.11 Å². The van der Waals surface area contributed by atoms with Gasteiger partial charge in [-0.25, -0.2) is 0 Å². The summed E-state index contributed by atoms with van der Waals surface area (Å²) >= 11 is 0. The van der Waals surface area contributed by atoms with Crippen molar-refractivity contribution in [3.8, 4) is 0 Å². The highest BCUT2D eigenvalue weighted by Gasteiger charge is 1.86. The van der Waals surface area contributed by atoms with Gasteiger partial charge in [-0.05, 0) is 25.6 Å². The molecule has 0 aromatic heterocycles. The van der Waals surface area contributed by atoms with Crippen molar-refractivity contribution in [1.82, 2.24) is 5.32 Å². The molecule has 18 heavy (non-hydrogen) atoms. The monoisotopic (exact) mass is 249 g/mol. The lowest BCUT2D eigenvalue weighted by atomic mass is 10.1. The number of ether oxygens (including phenoxy) is 2. The Morgan fingerprint density at radius 1 is 1.11 bits per heavy atom. The van der Waals surface area contributed by atoms with Crippen LogP contribution in [-0.4, -0.2) is 48.4 Å². The Morgan fingerprint density at radius 2 is 1.83 bits per heavy atom. The average molecular weight is 249 g/mol. The molecule has 100 valence electrons. The van der Waals surface area contributed by atoms with Crippen LogP contribution in [0.15, 0.2) is 30.3 Å². The SMILES string of the molecule is CNCCc1ccccc1.[B]CCOCCOC. The first-order valence-electron chi connectivity index (χ1n) is 6.30. The Kier molecular flexibility index (Phi) is 13.6. The van der Waals surface area contributed by atoms with E-state index in [0.717, 1.165) is 13.0 Å². The summed E-state index contributed by atoms with van der Waals surface area (Å²) in [5.41, 5.74) is 1.40. The van der Waals surface area contributed by atoms with Gasteiger partial charge in [-0.2, -0.15) is 0 Å². The molecule has 0 fully saturated rings. The second-order valence-corrected chi connectivity index (χ2v) is 3.73. The maximum Gasteiger partial charge on any atom is 0.0699 e. The maximum atomic E-state index is 5.14. The molecule has 0 amide bonds. The molecule has 0 atom stereocenters. The summed E-state index contributed by atoms with van der Waals surface area (Å²) in [6.07, 6.45) is 1.71. The summed E-state index contributed by atoms with van der Waals surface area (Å²) in [6.45, 7) is 2.99. The first kappa shape index (κ1) is 17.2. The van der Waals surface area contributed by atoms with Crippen LogP contribution >= 0.6 is 0 Å². The van der Waals surface area contributed by atoms with Crippen LogP contribution in [0.4, 0.5) is 0 Å². The summed E-state index contributed by atoms with van der Waals surface area (Å²) in [4.78, 5) is 0. The molecular formula is C14H24BNO2. The third-order valence-electron chi connectivity index (χ3n) is 2.20. The largest absolute Gasteiger partial charge is 0.382 e. The van der Waals surface area contributed by atoms with E-state index in [1.165, 1.54) is 5.56 Å². The highest BCUT2D eigenvalue weighted by molar-refractivity contribution is 6.08. The predicted octanol–water partition coefficient (Wildman–Crippen LogP) is 1.68. The molecule has 0 spiro atoms. The van der Waals surface area contributed by atoms with Crippen LogP contribution in [-0.2, 0) is 15.9 Å². The van der Waals surface area contributed by atoms with E-state index in [0.29, 0.717) is 26.1 Å². The Hall–Kier alpha value is -0.835. The van der Waals surface area contributed by atoms with Gasteiger partial charge in [-0.1, -0.05) is 36.7 Å². The van der Waals surface area contributed by atoms with Gasteiger partial charge in [0.05, 0.1) is 21.1 Å². The molecule has 0 aliphatic carbocycles. The molecule has 1 aromatic rings. The Balaban J connectivity index is 0.000000331. The molecule has 0 heterocycles. The fourth-order valence-corrected chi connectivity index (χ4v) is 1.24. The van der Waals surface area contributed by atoms with Gasteiger partial charge in [0.25, 0.3) is 0 Å². The first-order valence-corrected chi connectivity index (χ1v) is 6.30. The lowest BCUT2D eigenvalue weighted by Crippen LogP contribution is -2.09. The average Bonchev–Trinajstić information content (AvgIpc) is 2.43. The van der Waals surface area contributed by atoms with E-state index in [9.17, 15) is 0 Å². The smallest absolute Gasteiger partial charge is 0.0699 e. The molecule has 2 radical (unpaired) electrons. The molecular weight excluding hydrogens is 225 g/mol. The van der Waals surface area contributed by atoms with E-state index in [2.05, 4.69) is 29.6 Å². The molecule has 1 aromatic carbocycles. The first-order chi connectivity index (χ1) is 8.85. The second kappa shape index (κ2) is 14.2. The van der Waals surface area contributed by atoms with Gasteiger partial charge in [0.1, 0.15) is 0 Å². The van der Waals surface area contributed by atoms with Crippen molar-refractivity contribution in [2.75, 3.05) is 40.5 Å². The number of hydrogen-bond acceptors (Lipinski definition) is 3. The van der Waals surface area contributed by atoms with E-state index >= 15 is 0 Å². The lowest BCUT2D eigenvalue weighted by Gasteiger charge is -1.98. The summed E-state index contributed by atoms with van der Waals surface area (Å²) in [5, 5.41) is 3.12. The second-order valence-electron chi connectivity index (χ2n) is 3.73. The van der Waals surface area contributed by atoms with Crippen LogP contribution < -0.4 is 5.32 Å². The molecule has 0 bridgehead atoms. The van der Waals surface area contributed by atoms with Gasteiger partial charge in [0, 0.05) is 13.7 Å². The van der Waals surface area contributed by atoms with Gasteiger partial charge >= 0.3 is 0 Å². The minimum Gasteiger partial charge on any atom is -0.382 e. The van der Waals surface area contributed by atoms with Crippen molar-refractivity contribution in [2.45, 2.75) is 12.7 Å². The zero-order chi connectivity index (χ0) is 13.5. The molecule has 0 saturated heterocycles. The molecule has 3 nitrogen and oxygen atoms in total. The molecule has 0 aliphatic rings. The van der Waals surface area contributed by atoms with Crippen molar-refractivity contribution >= 4 is 7.85 Å². The van der Waals surface area contributed by atoms with E-state index in [-0.39, 0.29) is 0 Å². The molecule has 0 aliphatic heterocycles. The Morgan fingerprint density at radius 3 is 2.39 bits per heavy atom. The zero-order valence-electron chi connectivity index (χ0n) is 11.5. The standard InChI is InChI=1S/C9H13N.C5H11BO2/c1-10-8-7-9-5-3-2-4-6-9;1-7-4-5-8-3-2-6/h2-6,10H,7-8H2,1H3;2-5H2,1H3. The summed E-state index contributed by atoms with van der Waals surface area (Å²) < 4.78 is 9.70. The van der Waals surface area contributed by atoms with Gasteiger partial charge in [0.15, 0.2) is 0 Å². The van der Waals surface area contributed by atoms with Crippen LogP contribution in [0, 0.1) is 0 Å². The molecule has 1 N–H and O–H groups in total. The van der Waals surface area contributed by atoms with Gasteiger partial charge in [-0.3, -0.25) is 0 Å². The van der Waals surface area contributed by atoms with Crippen molar-refractivity contribution in [2.24, 2.45) is 0 Å². The van der Waals surface area contributed by atoms with Gasteiger partial charge in [0.2, 0.25) is 0 Å². The van der Waals surface area contributed by atoms with Gasteiger partial charge < -0.3 is 14.8 Å². The number of hydrogen-bond donors (Lipinski definition) is 1. The number of likely N-dealkylation sites (N-methyl/N-ethyl adjacent to an activating group) is 1. The van der Waals surface area contributed by atoms with Crippen LogP contribution in [0.25, 0.3) is 0 Å². The number of methoxy groups -OCH3 is 1. The highest BCUT2D eigenvalue weighted by Crippen LogP contribution is 1.97. The van der Waals surface area contributed by atoms with Crippen molar-refractivity contribution in [3.05, 3.63) is 35.9 Å². The third kappa shape index (κ3) is 11.6. The highest BCUT2D eigenvalue weighted by atomic mass is 16.5. The third-order valence-corrected chi connectivity index (χ3v) is 2.20. The molecule has 0 saturated carbocycles. The van der Waals surface area contributed by atoms with Crippen molar-refractivity contribution in [3.63, 3.8) is 0 Å². The van der Waals surface area contributed by atoms with E-state index in [1.807, 2.05) is 13.1 Å². The van der Waals surface area contributed by atoms with Crippen LogP contribution in [0.1, 0.15) is 5.56 Å². The fourth-order valence-electron chi connectivity index (χ4n) is 1.24. The normalized spacial score (nSPS) is 9.67. The predicted molar refractivity (Wildman–Crippen MR) is 77.3 cm³/mol. The minimum absolute atomic E-state index is 0.587. The lowest BCUT2D eigenvalue weighted by molar-refractivity contribution is 0.0778. The summed E-state index contributed by atoms with van der Waals surface area (Å²) in [5.74, 6) is 0. The number of nitrogens with one attached hydrogen (secondary N) is 1. The zero-order valence-corrected chi connectivity index (χ0v) is 11.5. The number of rotatable bonds is 8. The summed E-state index contributed by atoms with van der Waals surface area (Å²) in [6, 6.07) is 10.5. The Labute approximate surface area is 112 Å². The van der Waals surface area contributed by atoms with Gasteiger partial charge in [-0.15, -0.1) is 0 Å². The molecule has 0 unspecified atom stereocenters. The Bertz CT molecular complexity index is 251. The quantitative estimate of drug-likeness (QED) is 0.561. The fraction of sp³-hybridized carbons (Fsp3) is 0.571. The minimum atomic E-state index is 0.587. The maximum absolute atomic E-state index is 5.14. The number of benzene rings is 1. The molecule has 4 heteroatoms. The van der Waals surface area contributed by atoms with E-state index in [4.69, 9.17) is 17.3 Å².